The molecule has 17 heavy (non-hydrogen) atoms. The molecular formula is C10H11ClN4S2. The van der Waals surface area contributed by atoms with Crippen LogP contribution in [0.4, 0.5) is 10.8 Å². The summed E-state index contributed by atoms with van der Waals surface area (Å²) in [5.41, 5.74) is 6.30. The molecule has 90 valence electrons. The summed E-state index contributed by atoms with van der Waals surface area (Å²) in [6.45, 7) is 0. The third-order valence-corrected chi connectivity index (χ3v) is 4.57. The zero-order valence-electron chi connectivity index (χ0n) is 9.35. The topological polar surface area (TPSA) is 55.0 Å². The molecule has 1 heterocycles. The summed E-state index contributed by atoms with van der Waals surface area (Å²) in [4.78, 5) is 2.86. The molecule has 0 amide bonds. The molecular weight excluding hydrogens is 276 g/mol. The summed E-state index contributed by atoms with van der Waals surface area (Å²) in [6, 6.07) is 5.44. The van der Waals surface area contributed by atoms with Gasteiger partial charge in [-0.2, -0.15) is 0 Å². The van der Waals surface area contributed by atoms with Crippen LogP contribution in [0, 0.1) is 0 Å². The SMILES string of the molecule is CN(C)c1nnc(Sc2ccc(N)cc2Cl)s1. The van der Waals surface area contributed by atoms with Crippen molar-refractivity contribution in [3.05, 3.63) is 23.2 Å². The average Bonchev–Trinajstić information content (AvgIpc) is 2.71. The maximum atomic E-state index is 6.09. The zero-order chi connectivity index (χ0) is 12.4. The number of nitrogen functional groups attached to an aromatic ring is 1. The number of halogens is 1. The van der Waals surface area contributed by atoms with Crippen molar-refractivity contribution in [3.63, 3.8) is 0 Å². The van der Waals surface area contributed by atoms with Gasteiger partial charge in [-0.05, 0) is 18.2 Å². The van der Waals surface area contributed by atoms with Gasteiger partial charge in [0.2, 0.25) is 5.13 Å². The van der Waals surface area contributed by atoms with Gasteiger partial charge in [0.15, 0.2) is 4.34 Å². The van der Waals surface area contributed by atoms with Crippen LogP contribution in [0.15, 0.2) is 27.4 Å². The second kappa shape index (κ2) is 5.12. The summed E-state index contributed by atoms with van der Waals surface area (Å²) in [5, 5.41) is 9.67. The highest BCUT2D eigenvalue weighted by Crippen LogP contribution is 2.37. The first-order chi connectivity index (χ1) is 8.06. The number of rotatable bonds is 3. The second-order valence-corrected chi connectivity index (χ2v) is 6.19. The number of benzene rings is 1. The highest BCUT2D eigenvalue weighted by molar-refractivity contribution is 8.01. The van der Waals surface area contributed by atoms with Gasteiger partial charge in [-0.1, -0.05) is 34.7 Å². The van der Waals surface area contributed by atoms with Gasteiger partial charge in [-0.15, -0.1) is 10.2 Å². The lowest BCUT2D eigenvalue weighted by molar-refractivity contribution is 0.973. The quantitative estimate of drug-likeness (QED) is 0.879. The van der Waals surface area contributed by atoms with Crippen molar-refractivity contribution in [2.45, 2.75) is 9.24 Å². The van der Waals surface area contributed by atoms with Crippen LogP contribution in [0.3, 0.4) is 0 Å². The van der Waals surface area contributed by atoms with Crippen molar-refractivity contribution in [1.82, 2.24) is 10.2 Å². The Morgan fingerprint density at radius 2 is 2.12 bits per heavy atom. The van der Waals surface area contributed by atoms with Crippen LogP contribution in [0.1, 0.15) is 0 Å². The zero-order valence-corrected chi connectivity index (χ0v) is 11.7. The number of nitrogens with two attached hydrogens (primary N) is 1. The molecule has 0 saturated heterocycles. The van der Waals surface area contributed by atoms with Gasteiger partial charge in [0.25, 0.3) is 0 Å². The van der Waals surface area contributed by atoms with E-state index in [2.05, 4.69) is 10.2 Å². The van der Waals surface area contributed by atoms with Gasteiger partial charge in [-0.25, -0.2) is 0 Å². The lowest BCUT2D eigenvalue weighted by atomic mass is 10.3. The lowest BCUT2D eigenvalue weighted by Gasteiger charge is -2.04. The van der Waals surface area contributed by atoms with Gasteiger partial charge in [0.05, 0.1) is 5.02 Å². The predicted octanol–water partition coefficient (Wildman–Crippen LogP) is 2.99. The molecule has 4 nitrogen and oxygen atoms in total. The number of hydrogen-bond acceptors (Lipinski definition) is 6. The van der Waals surface area contributed by atoms with E-state index >= 15 is 0 Å². The monoisotopic (exact) mass is 286 g/mol. The average molecular weight is 287 g/mol. The van der Waals surface area contributed by atoms with E-state index in [0.717, 1.165) is 14.4 Å². The highest BCUT2D eigenvalue weighted by atomic mass is 35.5. The van der Waals surface area contributed by atoms with E-state index in [1.165, 1.54) is 23.1 Å². The summed E-state index contributed by atoms with van der Waals surface area (Å²) < 4.78 is 0.861. The Labute approximate surface area is 113 Å². The fraction of sp³-hybridized carbons (Fsp3) is 0.200. The molecule has 0 aliphatic carbocycles. The van der Waals surface area contributed by atoms with Crippen molar-refractivity contribution in [1.29, 1.82) is 0 Å². The van der Waals surface area contributed by atoms with E-state index in [0.29, 0.717) is 10.7 Å². The first kappa shape index (κ1) is 12.5. The normalized spacial score (nSPS) is 10.5. The molecule has 2 aromatic rings. The number of nitrogens with zero attached hydrogens (tertiary/aromatic N) is 3. The Hall–Kier alpha value is -0.980. The summed E-state index contributed by atoms with van der Waals surface area (Å²) >= 11 is 9.11. The Morgan fingerprint density at radius 1 is 1.35 bits per heavy atom. The number of anilines is 2. The molecule has 0 unspecified atom stereocenters. The molecule has 2 N–H and O–H groups in total. The van der Waals surface area contributed by atoms with Crippen LogP contribution >= 0.6 is 34.7 Å². The van der Waals surface area contributed by atoms with E-state index in [1.807, 2.05) is 31.1 Å². The fourth-order valence-corrected chi connectivity index (χ4v) is 3.15. The summed E-state index contributed by atoms with van der Waals surface area (Å²) in [7, 11) is 3.87. The van der Waals surface area contributed by atoms with E-state index in [-0.39, 0.29) is 0 Å². The van der Waals surface area contributed by atoms with Gasteiger partial charge in [-0.3, -0.25) is 0 Å². The maximum absolute atomic E-state index is 6.09. The fourth-order valence-electron chi connectivity index (χ4n) is 1.12. The van der Waals surface area contributed by atoms with Crippen LogP contribution in [0.2, 0.25) is 5.02 Å². The third kappa shape index (κ3) is 3.02. The van der Waals surface area contributed by atoms with E-state index in [9.17, 15) is 0 Å². The van der Waals surface area contributed by atoms with Crippen molar-refractivity contribution in [2.24, 2.45) is 0 Å². The van der Waals surface area contributed by atoms with Crippen LogP contribution < -0.4 is 10.6 Å². The second-order valence-electron chi connectivity index (χ2n) is 3.54. The van der Waals surface area contributed by atoms with Crippen LogP contribution in [-0.4, -0.2) is 24.3 Å². The molecule has 0 radical (unpaired) electrons. The van der Waals surface area contributed by atoms with E-state index < -0.39 is 0 Å². The van der Waals surface area contributed by atoms with Crippen molar-refractivity contribution in [3.8, 4) is 0 Å². The standard InChI is InChI=1S/C10H11ClN4S2/c1-15(2)9-13-14-10(17-9)16-8-4-3-6(12)5-7(8)11/h3-5H,12H2,1-2H3. The van der Waals surface area contributed by atoms with E-state index in [1.54, 1.807) is 6.07 Å². The smallest absolute Gasteiger partial charge is 0.208 e. The van der Waals surface area contributed by atoms with Crippen molar-refractivity contribution < 1.29 is 0 Å². The Balaban J connectivity index is 2.19. The van der Waals surface area contributed by atoms with Crippen LogP contribution in [-0.2, 0) is 0 Å². The molecule has 0 saturated carbocycles. The largest absolute Gasteiger partial charge is 0.399 e. The maximum Gasteiger partial charge on any atom is 0.208 e. The van der Waals surface area contributed by atoms with E-state index in [4.69, 9.17) is 17.3 Å². The summed E-state index contributed by atoms with van der Waals surface area (Å²) in [5.74, 6) is 0. The molecule has 0 bridgehead atoms. The minimum atomic E-state index is 0.636. The van der Waals surface area contributed by atoms with Gasteiger partial charge in [0.1, 0.15) is 0 Å². The van der Waals surface area contributed by atoms with Crippen LogP contribution in [0.25, 0.3) is 0 Å². The Morgan fingerprint density at radius 3 is 2.71 bits per heavy atom. The molecule has 0 aliphatic heterocycles. The molecule has 1 aromatic carbocycles. The first-order valence-electron chi connectivity index (χ1n) is 4.80. The number of aromatic nitrogens is 2. The number of hydrogen-bond donors (Lipinski definition) is 1. The Kier molecular flexibility index (Phi) is 3.76. The Bertz CT molecular complexity index is 527. The molecule has 2 rings (SSSR count). The minimum Gasteiger partial charge on any atom is -0.399 e. The predicted molar refractivity (Wildman–Crippen MR) is 74.2 cm³/mol. The minimum absolute atomic E-state index is 0.636. The van der Waals surface area contributed by atoms with Crippen LogP contribution in [0.5, 0.6) is 0 Å². The molecule has 1 aromatic heterocycles. The van der Waals surface area contributed by atoms with Gasteiger partial charge < -0.3 is 10.6 Å². The highest BCUT2D eigenvalue weighted by Gasteiger charge is 2.09. The molecule has 0 atom stereocenters. The van der Waals surface area contributed by atoms with Crippen molar-refractivity contribution >= 4 is 45.5 Å². The van der Waals surface area contributed by atoms with Gasteiger partial charge in [0, 0.05) is 24.7 Å². The molecule has 0 aliphatic rings. The van der Waals surface area contributed by atoms with Crippen molar-refractivity contribution in [2.75, 3.05) is 24.7 Å². The summed E-state index contributed by atoms with van der Waals surface area (Å²) in [6.07, 6.45) is 0. The molecule has 0 spiro atoms. The molecule has 0 fully saturated rings. The molecule has 7 heteroatoms. The van der Waals surface area contributed by atoms with Gasteiger partial charge >= 0.3 is 0 Å². The third-order valence-electron chi connectivity index (χ3n) is 1.93. The lowest BCUT2D eigenvalue weighted by Crippen LogP contribution is -2.07. The first-order valence-corrected chi connectivity index (χ1v) is 6.81.